The first-order valence-electron chi connectivity index (χ1n) is 6.85. The molecule has 0 aromatic heterocycles. The lowest BCUT2D eigenvalue weighted by Crippen LogP contribution is -2.47. The monoisotopic (exact) mass is 356 g/mol. The SMILES string of the molecule is CC(C)C[C@H](NC(=O)NC(C)c1cccc(Br)c1)C(=O)O. The van der Waals surface area contributed by atoms with Gasteiger partial charge in [0.2, 0.25) is 0 Å². The zero-order valence-corrected chi connectivity index (χ0v) is 14.0. The van der Waals surface area contributed by atoms with E-state index in [-0.39, 0.29) is 12.0 Å². The molecule has 1 aromatic carbocycles. The maximum absolute atomic E-state index is 11.9. The van der Waals surface area contributed by atoms with E-state index in [0.29, 0.717) is 6.42 Å². The third kappa shape index (κ3) is 6.16. The highest BCUT2D eigenvalue weighted by Crippen LogP contribution is 2.17. The number of urea groups is 1. The van der Waals surface area contributed by atoms with Crippen molar-refractivity contribution in [2.45, 2.75) is 39.3 Å². The van der Waals surface area contributed by atoms with Crippen LogP contribution >= 0.6 is 15.9 Å². The predicted octanol–water partition coefficient (Wildman–Crippen LogP) is 3.31. The molecule has 0 saturated carbocycles. The van der Waals surface area contributed by atoms with Crippen LogP contribution in [0.2, 0.25) is 0 Å². The molecule has 0 aliphatic rings. The van der Waals surface area contributed by atoms with E-state index < -0.39 is 18.0 Å². The molecule has 0 aliphatic carbocycles. The molecule has 21 heavy (non-hydrogen) atoms. The van der Waals surface area contributed by atoms with Crippen molar-refractivity contribution in [3.05, 3.63) is 34.3 Å². The van der Waals surface area contributed by atoms with Crippen molar-refractivity contribution in [2.24, 2.45) is 5.92 Å². The highest BCUT2D eigenvalue weighted by molar-refractivity contribution is 9.10. The summed E-state index contributed by atoms with van der Waals surface area (Å²) in [6, 6.07) is 6.03. The summed E-state index contributed by atoms with van der Waals surface area (Å²) in [5.74, 6) is -0.831. The lowest BCUT2D eigenvalue weighted by Gasteiger charge is -2.20. The molecule has 6 heteroatoms. The molecule has 1 aromatic rings. The second-order valence-electron chi connectivity index (χ2n) is 5.41. The zero-order valence-electron chi connectivity index (χ0n) is 12.4. The van der Waals surface area contributed by atoms with E-state index in [9.17, 15) is 9.59 Å². The number of rotatable bonds is 6. The summed E-state index contributed by atoms with van der Waals surface area (Å²) in [5.41, 5.74) is 0.940. The molecule has 3 N–H and O–H groups in total. The molecule has 0 spiro atoms. The van der Waals surface area contributed by atoms with Crippen LogP contribution in [0.15, 0.2) is 28.7 Å². The van der Waals surface area contributed by atoms with Crippen LogP contribution in [0, 0.1) is 5.92 Å². The van der Waals surface area contributed by atoms with Crippen molar-refractivity contribution < 1.29 is 14.7 Å². The number of carbonyl (C=O) groups is 2. The van der Waals surface area contributed by atoms with Crippen LogP contribution in [0.4, 0.5) is 4.79 Å². The Kier molecular flexibility index (Phi) is 6.68. The topological polar surface area (TPSA) is 78.4 Å². The molecule has 116 valence electrons. The molecule has 0 heterocycles. The van der Waals surface area contributed by atoms with Crippen molar-refractivity contribution in [3.8, 4) is 0 Å². The van der Waals surface area contributed by atoms with Gasteiger partial charge in [-0.15, -0.1) is 0 Å². The van der Waals surface area contributed by atoms with Crippen LogP contribution in [0.1, 0.15) is 38.8 Å². The van der Waals surface area contributed by atoms with Crippen molar-refractivity contribution in [2.75, 3.05) is 0 Å². The Morgan fingerprint density at radius 3 is 2.43 bits per heavy atom. The molecule has 0 aliphatic heterocycles. The molecule has 0 saturated heterocycles. The number of aliphatic carboxylic acids is 1. The first-order valence-corrected chi connectivity index (χ1v) is 7.64. The minimum Gasteiger partial charge on any atom is -0.480 e. The van der Waals surface area contributed by atoms with E-state index in [1.807, 2.05) is 45.0 Å². The van der Waals surface area contributed by atoms with Crippen LogP contribution < -0.4 is 10.6 Å². The maximum Gasteiger partial charge on any atom is 0.326 e. The van der Waals surface area contributed by atoms with Gasteiger partial charge in [-0.05, 0) is 37.0 Å². The fourth-order valence-electron chi connectivity index (χ4n) is 1.95. The third-order valence-electron chi connectivity index (χ3n) is 3.01. The molecule has 0 fully saturated rings. The molecule has 0 radical (unpaired) electrons. The summed E-state index contributed by atoms with van der Waals surface area (Å²) < 4.78 is 0.928. The quantitative estimate of drug-likeness (QED) is 0.731. The number of carbonyl (C=O) groups excluding carboxylic acids is 1. The Balaban J connectivity index is 2.61. The number of amides is 2. The van der Waals surface area contributed by atoms with E-state index in [2.05, 4.69) is 26.6 Å². The van der Waals surface area contributed by atoms with E-state index in [1.165, 1.54) is 0 Å². The van der Waals surface area contributed by atoms with Gasteiger partial charge in [-0.25, -0.2) is 9.59 Å². The minimum absolute atomic E-state index is 0.189. The molecule has 2 amide bonds. The minimum atomic E-state index is -1.02. The van der Waals surface area contributed by atoms with Crippen molar-refractivity contribution >= 4 is 27.9 Å². The number of hydrogen-bond acceptors (Lipinski definition) is 2. The average molecular weight is 357 g/mol. The van der Waals surface area contributed by atoms with E-state index in [4.69, 9.17) is 5.11 Å². The second-order valence-corrected chi connectivity index (χ2v) is 6.33. The lowest BCUT2D eigenvalue weighted by atomic mass is 10.0. The van der Waals surface area contributed by atoms with Crippen LogP contribution in [-0.4, -0.2) is 23.1 Å². The Morgan fingerprint density at radius 1 is 1.24 bits per heavy atom. The fraction of sp³-hybridized carbons (Fsp3) is 0.467. The number of benzene rings is 1. The smallest absolute Gasteiger partial charge is 0.326 e. The lowest BCUT2D eigenvalue weighted by molar-refractivity contribution is -0.139. The summed E-state index contributed by atoms with van der Waals surface area (Å²) in [4.78, 5) is 23.0. The van der Waals surface area contributed by atoms with Gasteiger partial charge in [-0.3, -0.25) is 0 Å². The Hall–Kier alpha value is -1.56. The standard InChI is InChI=1S/C15H21BrN2O3/c1-9(2)7-13(14(19)20)18-15(21)17-10(3)11-5-4-6-12(16)8-11/h4-6,8-10,13H,7H2,1-3H3,(H,19,20)(H2,17,18,21)/t10?,13-/m0/s1. The number of nitrogens with one attached hydrogen (secondary N) is 2. The fourth-order valence-corrected chi connectivity index (χ4v) is 2.37. The summed E-state index contributed by atoms with van der Waals surface area (Å²) in [7, 11) is 0. The van der Waals surface area contributed by atoms with Crippen LogP contribution in [0.25, 0.3) is 0 Å². The molecule has 1 unspecified atom stereocenters. The van der Waals surface area contributed by atoms with E-state index in [1.54, 1.807) is 0 Å². The van der Waals surface area contributed by atoms with Gasteiger partial charge in [-0.1, -0.05) is 41.9 Å². The van der Waals surface area contributed by atoms with Gasteiger partial charge in [0.15, 0.2) is 0 Å². The zero-order chi connectivity index (χ0) is 16.0. The highest BCUT2D eigenvalue weighted by atomic mass is 79.9. The van der Waals surface area contributed by atoms with Gasteiger partial charge in [0, 0.05) is 4.47 Å². The Morgan fingerprint density at radius 2 is 1.90 bits per heavy atom. The average Bonchev–Trinajstić information content (AvgIpc) is 2.37. The molecule has 2 atom stereocenters. The van der Waals surface area contributed by atoms with Crippen molar-refractivity contribution in [1.29, 1.82) is 0 Å². The first kappa shape index (κ1) is 17.5. The van der Waals surface area contributed by atoms with E-state index in [0.717, 1.165) is 10.0 Å². The normalized spacial score (nSPS) is 13.6. The molecule has 1 rings (SSSR count). The highest BCUT2D eigenvalue weighted by Gasteiger charge is 2.21. The van der Waals surface area contributed by atoms with Crippen LogP contribution in [-0.2, 0) is 4.79 Å². The summed E-state index contributed by atoms with van der Waals surface area (Å²) >= 11 is 3.38. The van der Waals surface area contributed by atoms with E-state index >= 15 is 0 Å². The summed E-state index contributed by atoms with van der Waals surface area (Å²) in [6.45, 7) is 5.68. The largest absolute Gasteiger partial charge is 0.480 e. The number of carboxylic acid groups (broad SMARTS) is 1. The summed E-state index contributed by atoms with van der Waals surface area (Å²) in [6.07, 6.45) is 0.397. The number of carboxylic acids is 1. The van der Waals surface area contributed by atoms with Gasteiger partial charge in [0.1, 0.15) is 6.04 Å². The van der Waals surface area contributed by atoms with Crippen LogP contribution in [0.5, 0.6) is 0 Å². The van der Waals surface area contributed by atoms with Gasteiger partial charge >= 0.3 is 12.0 Å². The predicted molar refractivity (Wildman–Crippen MR) is 85.1 cm³/mol. The second kappa shape index (κ2) is 8.02. The maximum atomic E-state index is 11.9. The Bertz CT molecular complexity index is 505. The molecule has 0 bridgehead atoms. The molecule has 5 nitrogen and oxygen atoms in total. The Labute approximate surface area is 133 Å². The molecular formula is C15H21BrN2O3. The van der Waals surface area contributed by atoms with Gasteiger partial charge in [0.25, 0.3) is 0 Å². The molecular weight excluding hydrogens is 336 g/mol. The first-order chi connectivity index (χ1) is 9.79. The number of hydrogen-bond donors (Lipinski definition) is 3. The van der Waals surface area contributed by atoms with Crippen molar-refractivity contribution in [1.82, 2.24) is 10.6 Å². The van der Waals surface area contributed by atoms with Gasteiger partial charge in [0.05, 0.1) is 6.04 Å². The van der Waals surface area contributed by atoms with Crippen molar-refractivity contribution in [3.63, 3.8) is 0 Å². The van der Waals surface area contributed by atoms with Crippen LogP contribution in [0.3, 0.4) is 0 Å². The third-order valence-corrected chi connectivity index (χ3v) is 3.50. The summed E-state index contributed by atoms with van der Waals surface area (Å²) in [5, 5.41) is 14.4. The van der Waals surface area contributed by atoms with Gasteiger partial charge in [-0.2, -0.15) is 0 Å². The van der Waals surface area contributed by atoms with Gasteiger partial charge < -0.3 is 15.7 Å². The number of halogens is 1.